The molecule has 78 valence electrons. The van der Waals surface area contributed by atoms with Gasteiger partial charge in [0.25, 0.3) is 0 Å². The van der Waals surface area contributed by atoms with Gasteiger partial charge in [-0.25, -0.2) is 9.97 Å². The number of fused-ring (bicyclic) bond motifs is 1. The molecule has 2 nitrogen and oxygen atoms in total. The van der Waals surface area contributed by atoms with Crippen molar-refractivity contribution in [2.45, 2.75) is 0 Å². The molecule has 1 heterocycles. The molecule has 2 rings (SSSR count). The van der Waals surface area contributed by atoms with Gasteiger partial charge in [0, 0.05) is 8.96 Å². The van der Waals surface area contributed by atoms with Crippen molar-refractivity contribution in [3.05, 3.63) is 29.6 Å². The predicted octanol–water partition coefficient (Wildman–Crippen LogP) is 4.96. The molecule has 0 atom stereocenters. The van der Waals surface area contributed by atoms with Gasteiger partial charge in [-0.15, -0.1) is 0 Å². The number of nitrogens with zero attached hydrogens (tertiary/aromatic N) is 2. The maximum absolute atomic E-state index is 6.12. The van der Waals surface area contributed by atoms with Gasteiger partial charge in [0.2, 0.25) is 5.28 Å². The zero-order valence-electron chi connectivity index (χ0n) is 6.86. The largest absolute Gasteiger partial charge is 0.224 e. The Morgan fingerprint density at radius 2 is 1.87 bits per heavy atom. The first kappa shape index (κ1) is 12.1. The molecule has 1 aromatic carbocycles. The van der Waals surface area contributed by atoms with Crippen molar-refractivity contribution in [2.75, 3.05) is 0 Å². The minimum absolute atomic E-state index is 0.0857. The molecule has 2 aromatic rings. The zero-order chi connectivity index (χ0) is 11.2. The molecule has 0 saturated carbocycles. The fraction of sp³-hybridized carbons (Fsp3) is 0. The normalized spacial score (nSPS) is 11.0. The van der Waals surface area contributed by atoms with Crippen molar-refractivity contribution in [1.82, 2.24) is 9.97 Å². The van der Waals surface area contributed by atoms with Crippen LogP contribution in [-0.2, 0) is 0 Å². The first-order valence-electron chi connectivity index (χ1n) is 3.67. The van der Waals surface area contributed by atoms with Crippen LogP contribution >= 0.6 is 73.3 Å². The maximum Gasteiger partial charge on any atom is 0.224 e. The molecule has 0 radical (unpaired) electrons. The lowest BCUT2D eigenvalue weighted by molar-refractivity contribution is 1.22. The summed E-state index contributed by atoms with van der Waals surface area (Å²) in [5.41, 5.74) is 0.550. The van der Waals surface area contributed by atoms with Crippen LogP contribution in [0.4, 0.5) is 0 Å². The quantitative estimate of drug-likeness (QED) is 0.252. The lowest BCUT2D eigenvalue weighted by atomic mass is 10.2. The first-order chi connectivity index (χ1) is 7.00. The second kappa shape index (κ2) is 4.49. The molecule has 0 unspecified atom stereocenters. The summed E-state index contributed by atoms with van der Waals surface area (Å²) in [7, 11) is 0. The third kappa shape index (κ3) is 2.20. The summed E-state index contributed by atoms with van der Waals surface area (Å²) in [5.74, 6) is 0. The first-order valence-corrected chi connectivity index (χ1v) is 6.67. The van der Waals surface area contributed by atoms with Gasteiger partial charge >= 0.3 is 0 Å². The fourth-order valence-electron chi connectivity index (χ4n) is 1.11. The van der Waals surface area contributed by atoms with E-state index in [-0.39, 0.29) is 5.28 Å². The summed E-state index contributed by atoms with van der Waals surface area (Å²) < 4.78 is 1.72. The third-order valence-electron chi connectivity index (χ3n) is 1.75. The average Bonchev–Trinajstić information content (AvgIpc) is 2.17. The van der Waals surface area contributed by atoms with Gasteiger partial charge in [0.05, 0.1) is 15.0 Å². The molecular weight excluding hydrogens is 437 g/mol. The molecular formula is C8HBrCl3IN2. The number of rotatable bonds is 0. The van der Waals surface area contributed by atoms with Crippen LogP contribution in [-0.4, -0.2) is 9.97 Å². The highest BCUT2D eigenvalue weighted by molar-refractivity contribution is 14.1. The van der Waals surface area contributed by atoms with Crippen LogP contribution in [0.1, 0.15) is 0 Å². The zero-order valence-corrected chi connectivity index (χ0v) is 12.9. The van der Waals surface area contributed by atoms with Crippen molar-refractivity contribution < 1.29 is 0 Å². The van der Waals surface area contributed by atoms with E-state index < -0.39 is 0 Å². The van der Waals surface area contributed by atoms with Crippen molar-refractivity contribution in [3.63, 3.8) is 0 Å². The van der Waals surface area contributed by atoms with E-state index in [1.807, 2.05) is 6.07 Å². The van der Waals surface area contributed by atoms with Crippen LogP contribution < -0.4 is 0 Å². The number of benzene rings is 1. The van der Waals surface area contributed by atoms with Crippen LogP contribution in [0, 0.1) is 3.57 Å². The molecule has 1 aromatic heterocycles. The van der Waals surface area contributed by atoms with Crippen LogP contribution in [0.25, 0.3) is 10.9 Å². The molecule has 15 heavy (non-hydrogen) atoms. The SMILES string of the molecule is Clc1nc(Cl)c2cc(I)c(Br)c(Cl)c2n1. The molecule has 0 aliphatic rings. The van der Waals surface area contributed by atoms with Crippen LogP contribution in [0.5, 0.6) is 0 Å². The number of halogens is 5. The number of hydrogen-bond acceptors (Lipinski definition) is 2. The Hall–Kier alpha value is 0.640. The second-order valence-corrected chi connectivity index (χ2v) is 5.70. The van der Waals surface area contributed by atoms with E-state index in [0.717, 1.165) is 8.04 Å². The monoisotopic (exact) mass is 436 g/mol. The van der Waals surface area contributed by atoms with Crippen LogP contribution in [0.2, 0.25) is 15.5 Å². The van der Waals surface area contributed by atoms with E-state index in [4.69, 9.17) is 34.8 Å². The van der Waals surface area contributed by atoms with Gasteiger partial charge in [-0.3, -0.25) is 0 Å². The number of hydrogen-bond donors (Lipinski definition) is 0. The molecule has 0 spiro atoms. The summed E-state index contributed by atoms with van der Waals surface area (Å²) in [6.45, 7) is 0. The Balaban J connectivity index is 2.98. The highest BCUT2D eigenvalue weighted by Gasteiger charge is 2.13. The van der Waals surface area contributed by atoms with Crippen molar-refractivity contribution in [3.8, 4) is 0 Å². The number of aromatic nitrogens is 2. The molecule has 0 saturated heterocycles. The minimum Gasteiger partial charge on any atom is -0.216 e. The lowest BCUT2D eigenvalue weighted by Gasteiger charge is -2.05. The highest BCUT2D eigenvalue weighted by atomic mass is 127. The van der Waals surface area contributed by atoms with Crippen molar-refractivity contribution >= 4 is 84.2 Å². The third-order valence-corrected chi connectivity index (χ3v) is 5.22. The van der Waals surface area contributed by atoms with Gasteiger partial charge in [-0.05, 0) is 56.2 Å². The van der Waals surface area contributed by atoms with E-state index in [1.165, 1.54) is 0 Å². The minimum atomic E-state index is 0.0857. The Bertz CT molecular complexity index is 561. The Kier molecular flexibility index (Phi) is 3.62. The van der Waals surface area contributed by atoms with E-state index in [9.17, 15) is 0 Å². The van der Waals surface area contributed by atoms with Gasteiger partial charge < -0.3 is 0 Å². The van der Waals surface area contributed by atoms with Crippen LogP contribution in [0.3, 0.4) is 0 Å². The van der Waals surface area contributed by atoms with E-state index in [1.54, 1.807) is 0 Å². The van der Waals surface area contributed by atoms with Gasteiger partial charge in [-0.2, -0.15) is 0 Å². The molecule has 0 aliphatic heterocycles. The smallest absolute Gasteiger partial charge is 0.216 e. The summed E-state index contributed by atoms with van der Waals surface area (Å²) >= 11 is 23.3. The summed E-state index contributed by atoms with van der Waals surface area (Å²) in [5, 5.41) is 1.57. The Morgan fingerprint density at radius 1 is 1.20 bits per heavy atom. The fourth-order valence-corrected chi connectivity index (χ4v) is 2.84. The van der Waals surface area contributed by atoms with Crippen molar-refractivity contribution in [2.24, 2.45) is 0 Å². The van der Waals surface area contributed by atoms with E-state index in [0.29, 0.717) is 21.1 Å². The summed E-state index contributed by atoms with van der Waals surface area (Å²) in [6, 6.07) is 1.85. The molecule has 0 fully saturated rings. The van der Waals surface area contributed by atoms with E-state index in [2.05, 4.69) is 48.5 Å². The summed E-state index contributed by atoms with van der Waals surface area (Å²) in [6.07, 6.45) is 0. The topological polar surface area (TPSA) is 25.8 Å². The van der Waals surface area contributed by atoms with Gasteiger partial charge in [0.15, 0.2) is 0 Å². The predicted molar refractivity (Wildman–Crippen MR) is 75.0 cm³/mol. The van der Waals surface area contributed by atoms with Crippen molar-refractivity contribution in [1.29, 1.82) is 0 Å². The maximum atomic E-state index is 6.12. The molecule has 0 bridgehead atoms. The van der Waals surface area contributed by atoms with Gasteiger partial charge in [0.1, 0.15) is 5.15 Å². The standard InChI is InChI=1S/C8HBrCl3IN2/c9-4-3(13)1-2-6(5(4)10)14-8(12)15-7(2)11/h1H. The Morgan fingerprint density at radius 3 is 2.53 bits per heavy atom. The second-order valence-electron chi connectivity index (χ2n) is 2.67. The lowest BCUT2D eigenvalue weighted by Crippen LogP contribution is -1.90. The average molecular weight is 438 g/mol. The highest BCUT2D eigenvalue weighted by Crippen LogP contribution is 2.36. The molecule has 0 N–H and O–H groups in total. The Labute approximate surface area is 123 Å². The van der Waals surface area contributed by atoms with Gasteiger partial charge in [-0.1, -0.05) is 23.2 Å². The molecule has 0 amide bonds. The molecule has 0 aliphatic carbocycles. The van der Waals surface area contributed by atoms with Crippen LogP contribution in [0.15, 0.2) is 10.5 Å². The molecule has 7 heteroatoms. The summed E-state index contributed by atoms with van der Waals surface area (Å²) in [4.78, 5) is 7.90. The van der Waals surface area contributed by atoms with E-state index >= 15 is 0 Å².